The summed E-state index contributed by atoms with van der Waals surface area (Å²) in [4.78, 5) is 0. The number of hydrogen-bond donors (Lipinski definition) is 4. The Kier molecular flexibility index (Phi) is 8.35. The van der Waals surface area contributed by atoms with Crippen molar-refractivity contribution in [2.75, 3.05) is 27.3 Å². The van der Waals surface area contributed by atoms with Crippen LogP contribution >= 0.6 is 15.5 Å². The molecule has 0 aromatic carbocycles. The molecule has 12 heteroatoms. The van der Waals surface area contributed by atoms with Crippen LogP contribution in [-0.4, -0.2) is 37.8 Å². The van der Waals surface area contributed by atoms with E-state index in [1.165, 1.54) is 0 Å². The molecule has 2 unspecified atom stereocenters. The molecule has 0 rings (SSSR count). The first-order valence-electron chi connectivity index (χ1n) is 4.43. The van der Waals surface area contributed by atoms with Gasteiger partial charge in [0.15, 0.2) is 0 Å². The van der Waals surface area contributed by atoms with Crippen molar-refractivity contribution in [3.63, 3.8) is 0 Å². The Morgan fingerprint density at radius 1 is 0.941 bits per heavy atom. The van der Waals surface area contributed by atoms with E-state index in [0.717, 1.165) is 14.2 Å². The summed E-state index contributed by atoms with van der Waals surface area (Å²) in [5, 5.41) is 21.1. The first-order valence-corrected chi connectivity index (χ1v) is 7.52. The molecule has 0 aromatic heterocycles. The SMILES string of the molecule is COP(=O)(NCCCNP(=O)(OC)OO)OO. The van der Waals surface area contributed by atoms with E-state index in [4.69, 9.17) is 10.5 Å². The molecular weight excluding hydrogens is 278 g/mol. The van der Waals surface area contributed by atoms with Gasteiger partial charge >= 0.3 is 15.5 Å². The van der Waals surface area contributed by atoms with Gasteiger partial charge in [0.2, 0.25) is 0 Å². The molecule has 0 fully saturated rings. The Balaban J connectivity index is 3.80. The minimum absolute atomic E-state index is 0.133. The van der Waals surface area contributed by atoms with E-state index in [1.54, 1.807) is 0 Å². The summed E-state index contributed by atoms with van der Waals surface area (Å²) in [6.45, 7) is 0.266. The fraction of sp³-hybridized carbons (Fsp3) is 1.00. The van der Waals surface area contributed by atoms with Gasteiger partial charge in [-0.25, -0.2) is 29.8 Å². The normalized spacial score (nSPS) is 18.6. The molecule has 0 spiro atoms. The van der Waals surface area contributed by atoms with Gasteiger partial charge in [0, 0.05) is 27.3 Å². The van der Waals surface area contributed by atoms with Crippen LogP contribution in [0, 0.1) is 0 Å². The molecule has 10 nitrogen and oxygen atoms in total. The predicted molar refractivity (Wildman–Crippen MR) is 57.3 cm³/mol. The Morgan fingerprint density at radius 2 is 1.29 bits per heavy atom. The highest BCUT2D eigenvalue weighted by atomic mass is 31.2. The number of rotatable bonds is 10. The van der Waals surface area contributed by atoms with Crippen molar-refractivity contribution in [3.05, 3.63) is 0 Å². The van der Waals surface area contributed by atoms with Crippen LogP contribution in [-0.2, 0) is 27.5 Å². The van der Waals surface area contributed by atoms with E-state index in [2.05, 4.69) is 28.6 Å². The van der Waals surface area contributed by atoms with E-state index in [0.29, 0.717) is 6.42 Å². The molecule has 0 saturated carbocycles. The van der Waals surface area contributed by atoms with Crippen LogP contribution < -0.4 is 10.2 Å². The van der Waals surface area contributed by atoms with Gasteiger partial charge < -0.3 is 0 Å². The van der Waals surface area contributed by atoms with Gasteiger partial charge in [-0.2, -0.15) is 0 Å². The number of nitrogens with one attached hydrogen (secondary N) is 2. The lowest BCUT2D eigenvalue weighted by Crippen LogP contribution is -2.20. The molecule has 0 aliphatic heterocycles. The molecule has 0 radical (unpaired) electrons. The van der Waals surface area contributed by atoms with Gasteiger partial charge in [-0.05, 0) is 6.42 Å². The summed E-state index contributed by atoms with van der Waals surface area (Å²) >= 11 is 0. The highest BCUT2D eigenvalue weighted by molar-refractivity contribution is 7.51. The van der Waals surface area contributed by atoms with E-state index in [9.17, 15) is 9.13 Å². The maximum Gasteiger partial charge on any atom is 0.432 e. The summed E-state index contributed by atoms with van der Waals surface area (Å²) in [6, 6.07) is 0. The molecular formula is C5H16N2O8P2. The van der Waals surface area contributed by atoms with Crippen molar-refractivity contribution < 1.29 is 38.0 Å². The molecule has 17 heavy (non-hydrogen) atoms. The molecule has 0 amide bonds. The van der Waals surface area contributed by atoms with Gasteiger partial charge in [0.25, 0.3) is 0 Å². The summed E-state index contributed by atoms with van der Waals surface area (Å²) in [5.74, 6) is 0. The Bertz CT molecular complexity index is 256. The van der Waals surface area contributed by atoms with Crippen molar-refractivity contribution in [2.45, 2.75) is 6.42 Å². The standard InChI is InChI=1S/C5H16N2O8P2/c1-12-16(10,14-8)6-4-3-5-7-17(11,13-2)15-9/h8-9H,3-5H2,1-2H3,(H,6,10)(H,7,11). The van der Waals surface area contributed by atoms with Crippen LogP contribution in [0.1, 0.15) is 6.42 Å². The third-order valence-corrected chi connectivity index (χ3v) is 4.27. The van der Waals surface area contributed by atoms with Crippen LogP contribution in [0.4, 0.5) is 0 Å². The highest BCUT2D eigenvalue weighted by Gasteiger charge is 2.23. The first-order chi connectivity index (χ1) is 7.95. The monoisotopic (exact) mass is 294 g/mol. The van der Waals surface area contributed by atoms with Gasteiger partial charge in [0.05, 0.1) is 0 Å². The second-order valence-electron chi connectivity index (χ2n) is 2.69. The second kappa shape index (κ2) is 8.28. The average molecular weight is 294 g/mol. The number of hydrogen-bond acceptors (Lipinski definition) is 8. The topological polar surface area (TPSA) is 136 Å². The fourth-order valence-electron chi connectivity index (χ4n) is 0.774. The van der Waals surface area contributed by atoms with E-state index in [-0.39, 0.29) is 13.1 Å². The molecule has 0 aliphatic rings. The zero-order valence-corrected chi connectivity index (χ0v) is 11.1. The summed E-state index contributed by atoms with van der Waals surface area (Å²) < 4.78 is 38.5. The van der Waals surface area contributed by atoms with Gasteiger partial charge in [0.1, 0.15) is 0 Å². The summed E-state index contributed by atoms with van der Waals surface area (Å²) in [6.07, 6.45) is 0.327. The van der Waals surface area contributed by atoms with Crippen molar-refractivity contribution in [1.29, 1.82) is 0 Å². The lowest BCUT2D eigenvalue weighted by atomic mass is 10.4. The van der Waals surface area contributed by atoms with Crippen LogP contribution in [0.3, 0.4) is 0 Å². The average Bonchev–Trinajstić information content (AvgIpc) is 2.37. The van der Waals surface area contributed by atoms with Crippen LogP contribution in [0.2, 0.25) is 0 Å². The lowest BCUT2D eigenvalue weighted by Gasteiger charge is -2.14. The second-order valence-corrected chi connectivity index (χ2v) is 6.37. The maximum absolute atomic E-state index is 11.3. The summed E-state index contributed by atoms with van der Waals surface area (Å²) in [7, 11) is -5.16. The Labute approximate surface area is 98.2 Å². The Morgan fingerprint density at radius 3 is 1.53 bits per heavy atom. The molecule has 0 aromatic rings. The molecule has 0 bridgehead atoms. The van der Waals surface area contributed by atoms with E-state index >= 15 is 0 Å². The predicted octanol–water partition coefficient (Wildman–Crippen LogP) is 1.04. The van der Waals surface area contributed by atoms with E-state index < -0.39 is 15.5 Å². The van der Waals surface area contributed by atoms with Crippen molar-refractivity contribution in [2.24, 2.45) is 0 Å². The van der Waals surface area contributed by atoms with Crippen LogP contribution in [0.15, 0.2) is 0 Å². The molecule has 0 heterocycles. The van der Waals surface area contributed by atoms with Crippen LogP contribution in [0.5, 0.6) is 0 Å². The highest BCUT2D eigenvalue weighted by Crippen LogP contribution is 2.42. The smallest absolute Gasteiger partial charge is 0.299 e. The quantitative estimate of drug-likeness (QED) is 0.200. The maximum atomic E-state index is 11.3. The lowest BCUT2D eigenvalue weighted by molar-refractivity contribution is -0.150. The molecule has 0 saturated heterocycles. The zero-order valence-electron chi connectivity index (χ0n) is 9.36. The molecule has 0 aliphatic carbocycles. The van der Waals surface area contributed by atoms with Crippen molar-refractivity contribution >= 4 is 15.5 Å². The van der Waals surface area contributed by atoms with Crippen molar-refractivity contribution in [1.82, 2.24) is 10.2 Å². The van der Waals surface area contributed by atoms with Crippen molar-refractivity contribution in [3.8, 4) is 0 Å². The first kappa shape index (κ1) is 17.1. The molecule has 4 N–H and O–H groups in total. The van der Waals surface area contributed by atoms with Gasteiger partial charge in [-0.1, -0.05) is 0 Å². The fourth-order valence-corrected chi connectivity index (χ4v) is 2.14. The molecule has 104 valence electrons. The molecule has 2 atom stereocenters. The third-order valence-electron chi connectivity index (χ3n) is 1.66. The zero-order chi connectivity index (χ0) is 13.4. The van der Waals surface area contributed by atoms with Crippen LogP contribution in [0.25, 0.3) is 0 Å². The minimum Gasteiger partial charge on any atom is -0.299 e. The minimum atomic E-state index is -3.68. The third kappa shape index (κ3) is 6.58. The van der Waals surface area contributed by atoms with E-state index in [1.807, 2.05) is 0 Å². The largest absolute Gasteiger partial charge is 0.432 e. The van der Waals surface area contributed by atoms with Gasteiger partial charge in [-0.3, -0.25) is 9.05 Å². The summed E-state index contributed by atoms with van der Waals surface area (Å²) in [5.41, 5.74) is 0. The Hall–Kier alpha value is 0.140. The van der Waals surface area contributed by atoms with Gasteiger partial charge in [-0.15, -0.1) is 9.35 Å².